The van der Waals surface area contributed by atoms with Crippen LogP contribution >= 0.6 is 0 Å². The molecule has 1 N–H and O–H groups in total. The van der Waals surface area contributed by atoms with Gasteiger partial charge in [0.1, 0.15) is 5.82 Å². The summed E-state index contributed by atoms with van der Waals surface area (Å²) in [7, 11) is 0. The molecule has 2 aliphatic rings. The summed E-state index contributed by atoms with van der Waals surface area (Å²) in [5.74, 6) is -0.865. The normalized spacial score (nSPS) is 20.7. The Bertz CT molecular complexity index is 837. The molecule has 144 valence electrons. The topological polar surface area (TPSA) is 24.5 Å². The lowest BCUT2D eigenvalue weighted by Crippen LogP contribution is -2.37. The number of alkyl halides is 3. The van der Waals surface area contributed by atoms with Gasteiger partial charge in [-0.2, -0.15) is 13.2 Å². The first kappa shape index (κ1) is 18.4. The average molecular weight is 380 g/mol. The van der Waals surface area contributed by atoms with E-state index < -0.39 is 17.6 Å². The van der Waals surface area contributed by atoms with Crippen molar-refractivity contribution in [3.05, 3.63) is 70.0 Å². The molecule has 1 saturated heterocycles. The van der Waals surface area contributed by atoms with Crippen LogP contribution in [0.15, 0.2) is 36.4 Å². The molecule has 1 atom stereocenters. The number of fused-ring (bicyclic) bond motifs is 1. The van der Waals surface area contributed by atoms with Gasteiger partial charge in [-0.15, -0.1) is 0 Å². The van der Waals surface area contributed by atoms with Crippen molar-refractivity contribution in [2.45, 2.75) is 31.9 Å². The van der Waals surface area contributed by atoms with Crippen molar-refractivity contribution in [1.82, 2.24) is 10.2 Å². The van der Waals surface area contributed by atoms with E-state index in [1.807, 2.05) is 11.0 Å². The predicted octanol–water partition coefficient (Wildman–Crippen LogP) is 4.02. The van der Waals surface area contributed by atoms with Crippen molar-refractivity contribution in [1.29, 1.82) is 0 Å². The van der Waals surface area contributed by atoms with Crippen LogP contribution in [0.25, 0.3) is 0 Å². The minimum absolute atomic E-state index is 0.139. The number of halogens is 4. The molecule has 0 aliphatic carbocycles. The molecule has 0 radical (unpaired) electrons. The van der Waals surface area contributed by atoms with Crippen LogP contribution in [0.2, 0.25) is 0 Å². The number of rotatable bonds is 3. The van der Waals surface area contributed by atoms with Gasteiger partial charge in [-0.3, -0.25) is 4.90 Å². The molecule has 3 nitrogen and oxygen atoms in total. The van der Waals surface area contributed by atoms with Gasteiger partial charge < -0.3 is 10.1 Å². The Balaban J connectivity index is 1.48. The molecule has 1 fully saturated rings. The number of hydrogen-bond donors (Lipinski definition) is 1. The second kappa shape index (κ2) is 7.22. The summed E-state index contributed by atoms with van der Waals surface area (Å²) in [6.07, 6.45) is -4.69. The molecule has 2 heterocycles. The van der Waals surface area contributed by atoms with Crippen LogP contribution in [0.5, 0.6) is 0 Å². The van der Waals surface area contributed by atoms with Crippen LogP contribution in [-0.2, 0) is 30.5 Å². The van der Waals surface area contributed by atoms with Crippen molar-refractivity contribution in [2.24, 2.45) is 0 Å². The van der Waals surface area contributed by atoms with Gasteiger partial charge in [0.15, 0.2) is 0 Å². The van der Waals surface area contributed by atoms with Crippen molar-refractivity contribution in [2.75, 3.05) is 19.7 Å². The van der Waals surface area contributed by atoms with E-state index in [1.54, 1.807) is 0 Å². The highest BCUT2D eigenvalue weighted by Gasteiger charge is 2.32. The molecular weight excluding hydrogens is 360 g/mol. The van der Waals surface area contributed by atoms with Gasteiger partial charge in [-0.1, -0.05) is 18.2 Å². The second-order valence-corrected chi connectivity index (χ2v) is 7.07. The summed E-state index contributed by atoms with van der Waals surface area (Å²) < 4.78 is 58.2. The van der Waals surface area contributed by atoms with Crippen molar-refractivity contribution in [3.63, 3.8) is 0 Å². The van der Waals surface area contributed by atoms with Crippen LogP contribution in [0.4, 0.5) is 17.6 Å². The number of nitrogens with zero attached hydrogens (tertiary/aromatic N) is 1. The van der Waals surface area contributed by atoms with E-state index in [9.17, 15) is 17.6 Å². The summed E-state index contributed by atoms with van der Waals surface area (Å²) in [4.78, 5) is 2.01. The van der Waals surface area contributed by atoms with Gasteiger partial charge in [0, 0.05) is 32.7 Å². The maximum atomic E-state index is 13.6. The third kappa shape index (κ3) is 4.15. The van der Waals surface area contributed by atoms with E-state index in [4.69, 9.17) is 4.74 Å². The highest BCUT2D eigenvalue weighted by atomic mass is 19.4. The summed E-state index contributed by atoms with van der Waals surface area (Å²) in [5, 5.41) is 3.30. The first-order valence-electron chi connectivity index (χ1n) is 8.91. The summed E-state index contributed by atoms with van der Waals surface area (Å²) in [5.41, 5.74) is 2.98. The molecule has 0 spiro atoms. The zero-order valence-electron chi connectivity index (χ0n) is 14.7. The highest BCUT2D eigenvalue weighted by molar-refractivity contribution is 5.36. The molecule has 2 aromatic rings. The van der Waals surface area contributed by atoms with Gasteiger partial charge in [0.25, 0.3) is 0 Å². The van der Waals surface area contributed by atoms with E-state index >= 15 is 0 Å². The summed E-state index contributed by atoms with van der Waals surface area (Å²) >= 11 is 0. The molecule has 7 heteroatoms. The van der Waals surface area contributed by atoms with Gasteiger partial charge in [-0.25, -0.2) is 4.39 Å². The Labute approximate surface area is 154 Å². The maximum absolute atomic E-state index is 13.6. The van der Waals surface area contributed by atoms with Gasteiger partial charge in [-0.05, 0) is 40.5 Å². The van der Waals surface area contributed by atoms with Gasteiger partial charge >= 0.3 is 6.18 Å². The molecule has 2 aliphatic heterocycles. The van der Waals surface area contributed by atoms with E-state index in [1.165, 1.54) is 17.2 Å². The summed E-state index contributed by atoms with van der Waals surface area (Å²) in [6.45, 7) is 3.61. The van der Waals surface area contributed by atoms with E-state index in [-0.39, 0.29) is 12.6 Å². The molecule has 1 unspecified atom stereocenters. The molecule has 0 aromatic heterocycles. The van der Waals surface area contributed by atoms with Crippen LogP contribution in [-0.4, -0.2) is 24.6 Å². The molecular formula is C20H20F4N2O. The molecule has 2 aromatic carbocycles. The van der Waals surface area contributed by atoms with Crippen LogP contribution < -0.4 is 5.32 Å². The number of ether oxygens (including phenoxy) is 1. The van der Waals surface area contributed by atoms with Crippen LogP contribution in [0, 0.1) is 5.82 Å². The number of hydrogen-bond acceptors (Lipinski definition) is 3. The Kier molecular flexibility index (Phi) is 4.92. The minimum atomic E-state index is -4.55. The lowest BCUT2D eigenvalue weighted by atomic mass is 10.0. The third-order valence-electron chi connectivity index (χ3n) is 5.07. The predicted molar refractivity (Wildman–Crippen MR) is 92.4 cm³/mol. The van der Waals surface area contributed by atoms with Gasteiger partial charge in [0.05, 0.1) is 18.3 Å². The van der Waals surface area contributed by atoms with E-state index in [0.717, 1.165) is 24.7 Å². The number of benzene rings is 2. The summed E-state index contributed by atoms with van der Waals surface area (Å²) in [6, 6.07) is 8.99. The molecule has 27 heavy (non-hydrogen) atoms. The SMILES string of the molecule is Fc1cc(CN2CCOC(c3ccc4c(c3)CNC4)C2)cc(C(F)(F)F)c1. The number of morpholine rings is 1. The van der Waals surface area contributed by atoms with Gasteiger partial charge in [0.2, 0.25) is 0 Å². The fourth-order valence-corrected chi connectivity index (χ4v) is 3.73. The first-order chi connectivity index (χ1) is 12.9. The fraction of sp³-hybridized carbons (Fsp3) is 0.400. The minimum Gasteiger partial charge on any atom is -0.371 e. The standard InChI is InChI=1S/C20H20F4N2O/c21-18-6-13(5-17(8-18)20(22,23)24)11-26-3-4-27-19(12-26)14-1-2-15-9-25-10-16(15)7-14/h1-2,5-8,19,25H,3-4,9-12H2. The Hall–Kier alpha value is -1.96. The highest BCUT2D eigenvalue weighted by Crippen LogP contribution is 2.31. The maximum Gasteiger partial charge on any atom is 0.416 e. The first-order valence-corrected chi connectivity index (χ1v) is 8.91. The zero-order valence-corrected chi connectivity index (χ0v) is 14.7. The van der Waals surface area contributed by atoms with E-state index in [0.29, 0.717) is 31.3 Å². The fourth-order valence-electron chi connectivity index (χ4n) is 3.73. The largest absolute Gasteiger partial charge is 0.416 e. The lowest BCUT2D eigenvalue weighted by molar-refractivity contribution is -0.137. The average Bonchev–Trinajstić information content (AvgIpc) is 3.08. The second-order valence-electron chi connectivity index (χ2n) is 7.07. The smallest absolute Gasteiger partial charge is 0.371 e. The number of nitrogens with one attached hydrogen (secondary N) is 1. The Morgan fingerprint density at radius 1 is 1.07 bits per heavy atom. The van der Waals surface area contributed by atoms with E-state index in [2.05, 4.69) is 17.4 Å². The molecule has 0 amide bonds. The lowest BCUT2D eigenvalue weighted by Gasteiger charge is -2.33. The van der Waals surface area contributed by atoms with Crippen LogP contribution in [0.3, 0.4) is 0 Å². The molecule has 4 rings (SSSR count). The van der Waals surface area contributed by atoms with Crippen molar-refractivity contribution < 1.29 is 22.3 Å². The third-order valence-corrected chi connectivity index (χ3v) is 5.07. The zero-order chi connectivity index (χ0) is 19.0. The van der Waals surface area contributed by atoms with Crippen LogP contribution in [0.1, 0.15) is 33.9 Å². The van der Waals surface area contributed by atoms with Crippen molar-refractivity contribution >= 4 is 0 Å². The molecule has 0 bridgehead atoms. The Morgan fingerprint density at radius 2 is 1.89 bits per heavy atom. The quantitative estimate of drug-likeness (QED) is 0.814. The Morgan fingerprint density at radius 3 is 2.70 bits per heavy atom. The van der Waals surface area contributed by atoms with Crippen molar-refractivity contribution in [3.8, 4) is 0 Å². The molecule has 0 saturated carbocycles. The monoisotopic (exact) mass is 380 g/mol.